The van der Waals surface area contributed by atoms with E-state index in [0.29, 0.717) is 24.5 Å². The van der Waals surface area contributed by atoms with Crippen molar-refractivity contribution < 1.29 is 14.1 Å². The van der Waals surface area contributed by atoms with Crippen LogP contribution in [-0.2, 0) is 16.1 Å². The standard InChI is InChI=1S/C22H28ClN5O2S.ClH/c23-16-8-9-17(18-12-26-31-27-18)15(11-16)13-28(10-4-7-19(28)21(25)29)22(30)20(24)14-5-2-1-3-6-14;/h8-9,11-12,14,19-20H,1-7,10,13,24H2,(H-,25,29);1H/p+1/t19-,20+,28?;/m0./s1. The number of hydrogen-bond donors (Lipinski definition) is 2. The van der Waals surface area contributed by atoms with Gasteiger partial charge in [0.15, 0.2) is 6.04 Å². The first-order valence-corrected chi connectivity index (χ1v) is 12.1. The number of nitrogens with two attached hydrogens (primary N) is 2. The van der Waals surface area contributed by atoms with E-state index in [1.807, 2.05) is 12.1 Å². The van der Waals surface area contributed by atoms with E-state index >= 15 is 0 Å². The van der Waals surface area contributed by atoms with Crippen LogP contribution < -0.4 is 11.5 Å². The summed E-state index contributed by atoms with van der Waals surface area (Å²) < 4.78 is 8.44. The number of quaternary nitrogens is 1. The Morgan fingerprint density at radius 2 is 1.94 bits per heavy atom. The molecule has 0 radical (unpaired) electrons. The number of carbonyl (C=O) groups excluding carboxylic acids is 2. The molecule has 4 rings (SSSR count). The zero-order valence-electron chi connectivity index (χ0n) is 17.9. The number of halogens is 2. The van der Waals surface area contributed by atoms with Crippen molar-refractivity contribution in [2.45, 2.75) is 63.6 Å². The molecule has 1 aromatic heterocycles. The fourth-order valence-electron chi connectivity index (χ4n) is 5.41. The van der Waals surface area contributed by atoms with E-state index in [2.05, 4.69) is 8.75 Å². The van der Waals surface area contributed by atoms with Crippen LogP contribution in [0.4, 0.5) is 0 Å². The van der Waals surface area contributed by atoms with E-state index < -0.39 is 18.0 Å². The second kappa shape index (κ2) is 10.6. The van der Waals surface area contributed by atoms with Gasteiger partial charge in [-0.1, -0.05) is 36.9 Å². The molecule has 3 atom stereocenters. The zero-order chi connectivity index (χ0) is 22.0. The van der Waals surface area contributed by atoms with Crippen LogP contribution in [0, 0.1) is 5.92 Å². The quantitative estimate of drug-likeness (QED) is 0.589. The van der Waals surface area contributed by atoms with Gasteiger partial charge >= 0.3 is 5.91 Å². The van der Waals surface area contributed by atoms with Crippen molar-refractivity contribution in [3.63, 3.8) is 0 Å². The fourth-order valence-corrected chi connectivity index (χ4v) is 6.03. The second-order valence-electron chi connectivity index (χ2n) is 8.83. The normalized spacial score (nSPS) is 24.6. The first kappa shape index (κ1) is 25.1. The van der Waals surface area contributed by atoms with Crippen molar-refractivity contribution in [2.75, 3.05) is 6.54 Å². The van der Waals surface area contributed by atoms with E-state index in [4.69, 9.17) is 23.1 Å². The highest BCUT2D eigenvalue weighted by molar-refractivity contribution is 6.99. The van der Waals surface area contributed by atoms with Crippen LogP contribution in [0.3, 0.4) is 0 Å². The Morgan fingerprint density at radius 1 is 1.19 bits per heavy atom. The van der Waals surface area contributed by atoms with Crippen LogP contribution in [-0.4, -0.2) is 43.7 Å². The topological polar surface area (TPSA) is 112 Å². The Labute approximate surface area is 203 Å². The molecular weight excluding hydrogens is 469 g/mol. The van der Waals surface area contributed by atoms with Crippen molar-refractivity contribution in [2.24, 2.45) is 17.4 Å². The molecule has 7 nitrogen and oxygen atoms in total. The van der Waals surface area contributed by atoms with E-state index in [0.717, 1.165) is 60.7 Å². The highest BCUT2D eigenvalue weighted by Crippen LogP contribution is 2.37. The van der Waals surface area contributed by atoms with Gasteiger partial charge in [0.05, 0.1) is 24.5 Å². The average molecular weight is 499 g/mol. The summed E-state index contributed by atoms with van der Waals surface area (Å²) in [6.45, 7) is 0.869. The lowest BCUT2D eigenvalue weighted by Gasteiger charge is -2.40. The Morgan fingerprint density at radius 3 is 2.59 bits per heavy atom. The molecule has 0 bridgehead atoms. The summed E-state index contributed by atoms with van der Waals surface area (Å²) >= 11 is 7.46. The van der Waals surface area contributed by atoms with Gasteiger partial charge in [0.1, 0.15) is 18.3 Å². The molecule has 2 aliphatic rings. The number of benzene rings is 1. The average Bonchev–Trinajstić information content (AvgIpc) is 3.44. The summed E-state index contributed by atoms with van der Waals surface area (Å²) in [4.78, 5) is 26.4. The SMILES string of the molecule is Cl.NC(=O)[C@@H]1CCC[N+]1(Cc1cc(Cl)ccc1-c1cnsn1)C(=O)[C@H](N)C1CCCCC1. The van der Waals surface area contributed by atoms with Crippen LogP contribution in [0.25, 0.3) is 11.3 Å². The minimum Gasteiger partial charge on any atom is -0.364 e. The van der Waals surface area contributed by atoms with Crippen LogP contribution in [0.15, 0.2) is 24.4 Å². The maximum atomic E-state index is 13.9. The van der Waals surface area contributed by atoms with Gasteiger partial charge in [-0.2, -0.15) is 8.75 Å². The molecule has 2 amide bonds. The third-order valence-electron chi connectivity index (χ3n) is 7.00. The zero-order valence-corrected chi connectivity index (χ0v) is 20.3. The maximum absolute atomic E-state index is 13.9. The van der Waals surface area contributed by atoms with Crippen LogP contribution in [0.1, 0.15) is 50.5 Å². The van der Waals surface area contributed by atoms with Crippen molar-refractivity contribution in [1.82, 2.24) is 8.75 Å². The lowest BCUT2D eigenvalue weighted by atomic mass is 9.83. The molecule has 0 spiro atoms. The second-order valence-corrected chi connectivity index (χ2v) is 9.83. The molecule has 1 aliphatic heterocycles. The molecule has 174 valence electrons. The number of hydrogen-bond acceptors (Lipinski definition) is 6. The van der Waals surface area contributed by atoms with E-state index in [-0.39, 0.29) is 28.7 Å². The maximum Gasteiger partial charge on any atom is 0.331 e. The number of amides is 2. The third-order valence-corrected chi connectivity index (χ3v) is 7.71. The third kappa shape index (κ3) is 4.84. The summed E-state index contributed by atoms with van der Waals surface area (Å²) in [6.07, 6.45) is 8.35. The van der Waals surface area contributed by atoms with Crippen molar-refractivity contribution in [3.05, 3.63) is 35.0 Å². The molecule has 32 heavy (non-hydrogen) atoms. The summed E-state index contributed by atoms with van der Waals surface area (Å²) in [5.41, 5.74) is 14.8. The van der Waals surface area contributed by atoms with Gasteiger partial charge in [0.2, 0.25) is 0 Å². The van der Waals surface area contributed by atoms with Gasteiger partial charge < -0.3 is 11.5 Å². The van der Waals surface area contributed by atoms with E-state index in [1.165, 1.54) is 6.42 Å². The fraction of sp³-hybridized carbons (Fsp3) is 0.545. The molecule has 1 saturated heterocycles. The lowest BCUT2D eigenvalue weighted by molar-refractivity contribution is -0.871. The van der Waals surface area contributed by atoms with Crippen molar-refractivity contribution in [1.29, 1.82) is 0 Å². The first-order valence-electron chi connectivity index (χ1n) is 10.9. The van der Waals surface area contributed by atoms with Gasteiger partial charge in [0.25, 0.3) is 5.91 Å². The highest BCUT2D eigenvalue weighted by Gasteiger charge is 2.53. The monoisotopic (exact) mass is 498 g/mol. The predicted molar refractivity (Wildman–Crippen MR) is 128 cm³/mol. The van der Waals surface area contributed by atoms with E-state index in [9.17, 15) is 9.59 Å². The summed E-state index contributed by atoms with van der Waals surface area (Å²) in [7, 11) is 0. The predicted octanol–water partition coefficient (Wildman–Crippen LogP) is 3.68. The highest BCUT2D eigenvalue weighted by atomic mass is 35.5. The molecular formula is C22H30Cl2N5O2S+. The largest absolute Gasteiger partial charge is 0.364 e. The number of carbonyl (C=O) groups is 2. The molecule has 2 heterocycles. The number of rotatable bonds is 6. The Hall–Kier alpha value is -1.58. The van der Waals surface area contributed by atoms with Gasteiger partial charge in [-0.25, -0.2) is 9.28 Å². The van der Waals surface area contributed by atoms with E-state index in [1.54, 1.807) is 12.3 Å². The van der Waals surface area contributed by atoms with Gasteiger partial charge in [-0.15, -0.1) is 12.4 Å². The molecule has 1 aromatic carbocycles. The van der Waals surface area contributed by atoms with Crippen molar-refractivity contribution in [3.8, 4) is 11.3 Å². The summed E-state index contributed by atoms with van der Waals surface area (Å²) in [5, 5.41) is 0.568. The molecule has 10 heteroatoms. The van der Waals surface area contributed by atoms with Crippen molar-refractivity contribution >= 4 is 47.6 Å². The van der Waals surface area contributed by atoms with Gasteiger partial charge in [-0.05, 0) is 30.9 Å². The molecule has 4 N–H and O–H groups in total. The first-order chi connectivity index (χ1) is 14.9. The minimum atomic E-state index is -0.594. The molecule has 2 aromatic rings. The summed E-state index contributed by atoms with van der Waals surface area (Å²) in [6, 6.07) is 4.37. The Balaban J connectivity index is 0.00000289. The van der Waals surface area contributed by atoms with Gasteiger partial charge in [-0.3, -0.25) is 4.79 Å². The number of likely N-dealkylation sites (tertiary alicyclic amines) is 1. The smallest absolute Gasteiger partial charge is 0.331 e. The summed E-state index contributed by atoms with van der Waals surface area (Å²) in [5.74, 6) is -0.358. The molecule has 1 aliphatic carbocycles. The molecule has 1 saturated carbocycles. The Kier molecular flexibility index (Phi) is 8.27. The lowest BCUT2D eigenvalue weighted by Crippen LogP contribution is -2.65. The Bertz CT molecular complexity index is 952. The van der Waals surface area contributed by atoms with Crippen LogP contribution in [0.2, 0.25) is 5.02 Å². The number of aromatic nitrogens is 2. The van der Waals surface area contributed by atoms with Crippen LogP contribution in [0.5, 0.6) is 0 Å². The minimum absolute atomic E-state index is 0. The number of nitrogens with zero attached hydrogens (tertiary/aromatic N) is 3. The molecule has 2 fully saturated rings. The van der Waals surface area contributed by atoms with Gasteiger partial charge in [0, 0.05) is 29.0 Å². The molecule has 1 unspecified atom stereocenters. The number of primary amides is 1. The van der Waals surface area contributed by atoms with Crippen LogP contribution >= 0.6 is 35.7 Å².